The molecule has 3 N–H and O–H groups in total. The number of carbonyl (C=O) groups is 1. The molecule has 0 heterocycles. The second kappa shape index (κ2) is 7.94. The maximum atomic E-state index is 11.9. The van der Waals surface area contributed by atoms with Crippen molar-refractivity contribution in [3.8, 4) is 22.6 Å². The molecular weight excluding hydrogens is 394 g/mol. The van der Waals surface area contributed by atoms with Crippen LogP contribution in [0.15, 0.2) is 54.6 Å². The summed E-state index contributed by atoms with van der Waals surface area (Å²) >= 11 is -2.72. The van der Waals surface area contributed by atoms with Gasteiger partial charge in [0.05, 0.1) is 22.6 Å². The van der Waals surface area contributed by atoms with Gasteiger partial charge < -0.3 is 19.9 Å². The van der Waals surface area contributed by atoms with Gasteiger partial charge in [-0.15, -0.1) is 0 Å². The van der Waals surface area contributed by atoms with Crippen LogP contribution >= 0.6 is 0 Å². The van der Waals surface area contributed by atoms with Crippen LogP contribution in [0.25, 0.3) is 11.1 Å². The highest BCUT2D eigenvalue weighted by Crippen LogP contribution is 2.35. The molecule has 3 rings (SSSR count). The summed E-state index contributed by atoms with van der Waals surface area (Å²) in [6.45, 7) is 3.56. The third kappa shape index (κ3) is 4.08. The fourth-order valence-electron chi connectivity index (χ4n) is 3.08. The number of phenols is 2. The number of anilines is 2. The van der Waals surface area contributed by atoms with Gasteiger partial charge in [-0.1, -0.05) is 12.1 Å². The first kappa shape index (κ1) is 20.4. The lowest BCUT2D eigenvalue weighted by molar-refractivity contribution is 0.0693. The van der Waals surface area contributed by atoms with Crippen LogP contribution in [0.4, 0.5) is 11.4 Å². The zero-order chi connectivity index (χ0) is 21.3. The van der Waals surface area contributed by atoms with Gasteiger partial charge in [0.2, 0.25) is 0 Å². The van der Waals surface area contributed by atoms with Crippen molar-refractivity contribution in [2.45, 2.75) is 13.8 Å². The predicted molar refractivity (Wildman–Crippen MR) is 109 cm³/mol. The van der Waals surface area contributed by atoms with Crippen molar-refractivity contribution in [3.63, 3.8) is 0 Å². The second-order valence-corrected chi connectivity index (χ2v) is 7.33. The minimum absolute atomic E-state index is 0.0936. The summed E-state index contributed by atoms with van der Waals surface area (Å²) < 4.78 is 24.8. The number of carboxylic acid groups (broad SMARTS) is 1. The van der Waals surface area contributed by atoms with E-state index in [0.717, 1.165) is 27.6 Å². The highest BCUT2D eigenvalue weighted by Gasteiger charge is 2.16. The molecule has 0 aliphatic carbocycles. The first-order chi connectivity index (χ1) is 13.7. The monoisotopic (exact) mass is 412 g/mol. The predicted octanol–water partition coefficient (Wildman–Crippen LogP) is 4.01. The SMILES string of the molecule is Cc1cc(-c2cccc(N(c3ccc(C(=O)O)c(O)c3)S(=O)[O-])c2)cc(C)c1O. The summed E-state index contributed by atoms with van der Waals surface area (Å²) in [5.74, 6) is -1.64. The Morgan fingerprint density at radius 3 is 2.10 bits per heavy atom. The number of nitrogens with zero attached hydrogens (tertiary/aromatic N) is 1. The van der Waals surface area contributed by atoms with Crippen molar-refractivity contribution < 1.29 is 28.9 Å². The molecule has 1 atom stereocenters. The van der Waals surface area contributed by atoms with E-state index in [2.05, 4.69) is 0 Å². The van der Waals surface area contributed by atoms with Crippen molar-refractivity contribution in [1.82, 2.24) is 0 Å². The van der Waals surface area contributed by atoms with E-state index in [0.29, 0.717) is 16.8 Å². The number of hydrogen-bond acceptors (Lipinski definition) is 5. The molecule has 0 bridgehead atoms. The van der Waals surface area contributed by atoms with Gasteiger partial charge in [-0.05, 0) is 72.5 Å². The number of benzene rings is 3. The second-order valence-electron chi connectivity index (χ2n) is 6.53. The number of carboxylic acids is 1. The van der Waals surface area contributed by atoms with Crippen molar-refractivity contribution in [1.29, 1.82) is 0 Å². The molecule has 7 nitrogen and oxygen atoms in total. The molecule has 150 valence electrons. The molecule has 3 aromatic rings. The molecule has 29 heavy (non-hydrogen) atoms. The quantitative estimate of drug-likeness (QED) is 0.545. The van der Waals surface area contributed by atoms with Gasteiger partial charge in [-0.25, -0.2) is 4.79 Å². The highest BCUT2D eigenvalue weighted by atomic mass is 32.2. The number of hydrogen-bond donors (Lipinski definition) is 3. The van der Waals surface area contributed by atoms with Crippen LogP contribution in [0.3, 0.4) is 0 Å². The summed E-state index contributed by atoms with van der Waals surface area (Å²) in [7, 11) is 0. The molecule has 0 aliphatic rings. The topological polar surface area (TPSA) is 121 Å². The van der Waals surface area contributed by atoms with Gasteiger partial charge in [0.1, 0.15) is 17.1 Å². The minimum atomic E-state index is -2.72. The summed E-state index contributed by atoms with van der Waals surface area (Å²) in [6.07, 6.45) is 0. The van der Waals surface area contributed by atoms with E-state index in [-0.39, 0.29) is 17.0 Å². The number of phenolic OH excluding ortho intramolecular Hbond substituents is 1. The maximum absolute atomic E-state index is 11.9. The summed E-state index contributed by atoms with van der Waals surface area (Å²) in [4.78, 5) is 11.1. The van der Waals surface area contributed by atoms with Crippen LogP contribution in [0, 0.1) is 13.8 Å². The molecule has 0 aliphatic heterocycles. The van der Waals surface area contributed by atoms with Crippen LogP contribution in [-0.2, 0) is 11.3 Å². The Morgan fingerprint density at radius 1 is 0.931 bits per heavy atom. The smallest absolute Gasteiger partial charge is 0.339 e. The molecule has 0 aromatic heterocycles. The fourth-order valence-corrected chi connectivity index (χ4v) is 3.65. The number of aromatic carboxylic acids is 1. The van der Waals surface area contributed by atoms with Crippen LogP contribution in [0.2, 0.25) is 0 Å². The number of aromatic hydroxyl groups is 2. The van der Waals surface area contributed by atoms with Crippen LogP contribution < -0.4 is 4.31 Å². The van der Waals surface area contributed by atoms with E-state index in [9.17, 15) is 23.8 Å². The van der Waals surface area contributed by atoms with Gasteiger partial charge in [-0.2, -0.15) is 0 Å². The van der Waals surface area contributed by atoms with Crippen molar-refractivity contribution in [3.05, 3.63) is 71.3 Å². The van der Waals surface area contributed by atoms with E-state index in [4.69, 9.17) is 5.11 Å². The third-order valence-electron chi connectivity index (χ3n) is 4.50. The summed E-state index contributed by atoms with van der Waals surface area (Å²) in [6, 6.07) is 13.9. The van der Waals surface area contributed by atoms with E-state index in [1.165, 1.54) is 6.07 Å². The lowest BCUT2D eigenvalue weighted by Crippen LogP contribution is -2.19. The Balaban J connectivity index is 2.08. The third-order valence-corrected chi connectivity index (χ3v) is 5.22. The summed E-state index contributed by atoms with van der Waals surface area (Å²) in [5.41, 5.74) is 3.01. The Hall–Kier alpha value is -3.36. The Kier molecular flexibility index (Phi) is 5.58. The zero-order valence-corrected chi connectivity index (χ0v) is 16.4. The van der Waals surface area contributed by atoms with Gasteiger partial charge >= 0.3 is 5.97 Å². The van der Waals surface area contributed by atoms with E-state index >= 15 is 0 Å². The fraction of sp³-hybridized carbons (Fsp3) is 0.0952. The lowest BCUT2D eigenvalue weighted by Gasteiger charge is -2.27. The molecule has 0 spiro atoms. The molecule has 0 radical (unpaired) electrons. The average Bonchev–Trinajstić information content (AvgIpc) is 2.65. The first-order valence-corrected chi connectivity index (χ1v) is 9.58. The lowest BCUT2D eigenvalue weighted by atomic mass is 9.99. The largest absolute Gasteiger partial charge is 0.755 e. The standard InChI is InChI=1S/C21H19NO6S/c1-12-8-15(9-13(2)20(12)24)14-4-3-5-16(10-14)22(29(27)28)17-6-7-18(21(25)26)19(23)11-17/h3-11,23-24H,1-2H3,(H,25,26)(H,27,28)/p-1. The maximum Gasteiger partial charge on any atom is 0.339 e. The first-order valence-electron chi connectivity index (χ1n) is 8.55. The molecule has 8 heteroatoms. The average molecular weight is 412 g/mol. The van der Waals surface area contributed by atoms with Crippen molar-refractivity contribution in [2.24, 2.45) is 0 Å². The van der Waals surface area contributed by atoms with E-state index < -0.39 is 23.0 Å². The van der Waals surface area contributed by atoms with E-state index in [1.54, 1.807) is 44.2 Å². The highest BCUT2D eigenvalue weighted by molar-refractivity contribution is 7.81. The molecule has 0 fully saturated rings. The minimum Gasteiger partial charge on any atom is -0.755 e. The number of aryl methyl sites for hydroxylation is 2. The van der Waals surface area contributed by atoms with Crippen LogP contribution in [0.1, 0.15) is 21.5 Å². The normalized spacial score (nSPS) is 11.8. The Morgan fingerprint density at radius 2 is 1.55 bits per heavy atom. The number of rotatable bonds is 5. The Labute approximate surface area is 169 Å². The molecular formula is C21H18NO6S-. The van der Waals surface area contributed by atoms with Gasteiger partial charge in [-0.3, -0.25) is 8.51 Å². The summed E-state index contributed by atoms with van der Waals surface area (Å²) in [5, 5.41) is 28.9. The van der Waals surface area contributed by atoms with Crippen LogP contribution in [0.5, 0.6) is 11.5 Å². The van der Waals surface area contributed by atoms with Gasteiger partial charge in [0, 0.05) is 6.07 Å². The molecule has 0 amide bonds. The van der Waals surface area contributed by atoms with E-state index in [1.807, 2.05) is 6.07 Å². The van der Waals surface area contributed by atoms with Gasteiger partial charge in [0.15, 0.2) is 0 Å². The van der Waals surface area contributed by atoms with Gasteiger partial charge in [0.25, 0.3) is 0 Å². The van der Waals surface area contributed by atoms with Crippen molar-refractivity contribution in [2.75, 3.05) is 4.31 Å². The van der Waals surface area contributed by atoms with Crippen LogP contribution in [-0.4, -0.2) is 30.1 Å². The zero-order valence-electron chi connectivity index (χ0n) is 15.6. The molecule has 0 saturated carbocycles. The molecule has 1 unspecified atom stereocenters. The molecule has 3 aromatic carbocycles. The molecule has 0 saturated heterocycles. The van der Waals surface area contributed by atoms with Crippen molar-refractivity contribution >= 4 is 28.6 Å². The Bertz CT molecular complexity index is 1100.